The van der Waals surface area contributed by atoms with Gasteiger partial charge in [0.15, 0.2) is 17.6 Å². The highest BCUT2D eigenvalue weighted by Gasteiger charge is 2.74. The summed E-state index contributed by atoms with van der Waals surface area (Å²) in [7, 11) is 1.13. The fraction of sp³-hybridized carbons (Fsp3) is 0.500. The molecule has 4 atom stereocenters. The highest BCUT2D eigenvalue weighted by Crippen LogP contribution is 2.43. The summed E-state index contributed by atoms with van der Waals surface area (Å²) in [5.41, 5.74) is -3.63. The molecule has 3 amide bonds. The number of guanidine groups is 2. The molecule has 4 aliphatic heterocycles. The molecule has 0 aromatic heterocycles. The number of amides is 3. The molecule has 4 saturated heterocycles. The number of hydrogen-bond acceptors (Lipinski definition) is 8. The van der Waals surface area contributed by atoms with Crippen LogP contribution >= 0.6 is 0 Å². The molecule has 0 bridgehead atoms. The van der Waals surface area contributed by atoms with E-state index in [1.807, 2.05) is 0 Å². The Balaban J connectivity index is 1.45. The number of carbonyl (C=O) groups excluding carboxylic acids is 3. The van der Waals surface area contributed by atoms with Gasteiger partial charge in [0.25, 0.3) is 5.91 Å². The lowest BCUT2D eigenvalue weighted by atomic mass is 9.84. The number of rotatable bonds is 5. The smallest absolute Gasteiger partial charge is 0.416 e. The van der Waals surface area contributed by atoms with Crippen LogP contribution in [0.3, 0.4) is 0 Å². The molecule has 5 rings (SSSR count). The molecule has 17 heteroatoms. The molecular weight excluding hydrogens is 529 g/mol. The molecule has 4 fully saturated rings. The highest BCUT2D eigenvalue weighted by molar-refractivity contribution is 6.02. The van der Waals surface area contributed by atoms with E-state index in [0.717, 1.165) is 23.0 Å². The molecule has 14 nitrogen and oxygen atoms in total. The van der Waals surface area contributed by atoms with E-state index in [0.29, 0.717) is 12.1 Å². The molecule has 4 aliphatic rings. The van der Waals surface area contributed by atoms with Crippen molar-refractivity contribution in [2.24, 2.45) is 0 Å². The number of likely N-dealkylation sites (tertiary alicyclic amines) is 1. The Morgan fingerprint density at radius 3 is 2.46 bits per heavy atom. The van der Waals surface area contributed by atoms with Crippen molar-refractivity contribution in [1.29, 1.82) is 10.8 Å². The van der Waals surface area contributed by atoms with E-state index in [-0.39, 0.29) is 37.1 Å². The van der Waals surface area contributed by atoms with Crippen LogP contribution in [-0.2, 0) is 15.8 Å². The van der Waals surface area contributed by atoms with Crippen LogP contribution in [-0.4, -0.2) is 99.4 Å². The monoisotopic (exact) mass is 554 g/mol. The largest absolute Gasteiger partial charge is 0.497 e. The molecule has 0 aliphatic carbocycles. The molecule has 4 heterocycles. The summed E-state index contributed by atoms with van der Waals surface area (Å²) in [6.07, 6.45) is -4.75. The van der Waals surface area contributed by atoms with Gasteiger partial charge in [-0.05, 0) is 18.2 Å². The number of aliphatic hydroxyl groups is 2. The Morgan fingerprint density at radius 1 is 1.18 bits per heavy atom. The maximum Gasteiger partial charge on any atom is 0.416 e. The molecule has 1 unspecified atom stereocenters. The Morgan fingerprint density at radius 2 is 1.85 bits per heavy atom. The zero-order valence-electron chi connectivity index (χ0n) is 20.3. The number of nitrogens with zero attached hydrogens (tertiary/aromatic N) is 2. The van der Waals surface area contributed by atoms with Gasteiger partial charge in [0.2, 0.25) is 17.6 Å². The topological polar surface area (TPSA) is 203 Å². The molecule has 1 aromatic carbocycles. The first-order valence-electron chi connectivity index (χ1n) is 11.8. The number of alkyl halides is 3. The van der Waals surface area contributed by atoms with Crippen LogP contribution in [0, 0.1) is 10.8 Å². The minimum atomic E-state index is -4.78. The number of carbonyl (C=O) groups is 3. The predicted molar refractivity (Wildman–Crippen MR) is 124 cm³/mol. The zero-order valence-corrected chi connectivity index (χ0v) is 20.3. The van der Waals surface area contributed by atoms with E-state index in [9.17, 15) is 37.8 Å². The van der Waals surface area contributed by atoms with Crippen molar-refractivity contribution in [3.05, 3.63) is 29.3 Å². The van der Waals surface area contributed by atoms with Crippen LogP contribution < -0.4 is 26.0 Å². The van der Waals surface area contributed by atoms with Crippen LogP contribution in [0.1, 0.15) is 28.8 Å². The number of imide groups is 1. The van der Waals surface area contributed by atoms with Gasteiger partial charge in [0, 0.05) is 24.9 Å². The van der Waals surface area contributed by atoms with Crippen molar-refractivity contribution in [1.82, 2.24) is 31.1 Å². The highest BCUT2D eigenvalue weighted by atomic mass is 19.4. The van der Waals surface area contributed by atoms with Gasteiger partial charge in [0.05, 0.1) is 31.3 Å². The Bertz CT molecular complexity index is 1270. The van der Waals surface area contributed by atoms with Crippen LogP contribution in [0.25, 0.3) is 0 Å². The third-order valence-corrected chi connectivity index (χ3v) is 7.47. The van der Waals surface area contributed by atoms with E-state index in [4.69, 9.17) is 15.6 Å². The number of nitrogens with one attached hydrogen (secondary N) is 6. The zero-order chi connectivity index (χ0) is 28.5. The van der Waals surface area contributed by atoms with Gasteiger partial charge in [0.1, 0.15) is 11.8 Å². The minimum absolute atomic E-state index is 0.0187. The summed E-state index contributed by atoms with van der Waals surface area (Å²) in [6.45, 7) is -0.632. The average Bonchev–Trinajstić information content (AvgIpc) is 3.46. The predicted octanol–water partition coefficient (Wildman–Crippen LogP) is -1.94. The van der Waals surface area contributed by atoms with Gasteiger partial charge in [-0.3, -0.25) is 30.1 Å². The lowest BCUT2D eigenvalue weighted by Crippen LogP contribution is -2.81. The second-order valence-electron chi connectivity index (χ2n) is 9.70. The van der Waals surface area contributed by atoms with E-state index >= 15 is 0 Å². The molecule has 8 N–H and O–H groups in total. The third kappa shape index (κ3) is 3.99. The van der Waals surface area contributed by atoms with Crippen LogP contribution in [0.4, 0.5) is 13.2 Å². The normalized spacial score (nSPS) is 29.4. The molecule has 0 saturated carbocycles. The third-order valence-electron chi connectivity index (χ3n) is 7.47. The van der Waals surface area contributed by atoms with Crippen LogP contribution in [0.5, 0.6) is 5.75 Å². The van der Waals surface area contributed by atoms with Crippen molar-refractivity contribution in [3.8, 4) is 5.75 Å². The molecule has 39 heavy (non-hydrogen) atoms. The van der Waals surface area contributed by atoms with Crippen molar-refractivity contribution in [2.45, 2.75) is 48.6 Å². The molecule has 0 radical (unpaired) electrons. The lowest BCUT2D eigenvalue weighted by molar-refractivity contribution is -0.232. The average molecular weight is 554 g/mol. The Kier molecular flexibility index (Phi) is 5.91. The summed E-state index contributed by atoms with van der Waals surface area (Å²) in [5.74, 6) is -5.80. The standard InChI is InChI=1S/C22H25F3N8O6/c1-39-11-5-9(4-10(6-11)22(23,24)25)17(36)29-13-8-33-19(27)28-12(7-32-14(34)2-3-15(32)35)16-20(33,21(13,37)38)31-18(26)30-16/h4-6,12-13,16,37-38H,2-3,7-8H2,1H3,(H2,27,28)(H,29,36)(H3,26,30,31)/t12-,13?,16-,20-/m0/s1. The van der Waals surface area contributed by atoms with Gasteiger partial charge < -0.3 is 41.1 Å². The number of hydrogen-bond donors (Lipinski definition) is 8. The summed E-state index contributed by atoms with van der Waals surface area (Å²) in [4.78, 5) is 39.6. The van der Waals surface area contributed by atoms with Gasteiger partial charge in [-0.15, -0.1) is 0 Å². The number of halogens is 3. The van der Waals surface area contributed by atoms with Crippen molar-refractivity contribution >= 4 is 29.6 Å². The Hall–Kier alpha value is -4.12. The summed E-state index contributed by atoms with van der Waals surface area (Å²) in [5, 5.41) is 50.0. The molecule has 1 aromatic rings. The van der Waals surface area contributed by atoms with E-state index in [1.165, 1.54) is 0 Å². The first kappa shape index (κ1) is 26.5. The molecular formula is C22H25F3N8O6. The fourth-order valence-corrected chi connectivity index (χ4v) is 5.61. The maximum atomic E-state index is 13.3. The second kappa shape index (κ2) is 8.70. The minimum Gasteiger partial charge on any atom is -0.497 e. The van der Waals surface area contributed by atoms with Gasteiger partial charge in [-0.1, -0.05) is 0 Å². The fourth-order valence-electron chi connectivity index (χ4n) is 5.61. The summed E-state index contributed by atoms with van der Waals surface area (Å²) in [6, 6.07) is -1.27. The van der Waals surface area contributed by atoms with Crippen molar-refractivity contribution in [2.75, 3.05) is 20.2 Å². The Labute approximate surface area is 218 Å². The van der Waals surface area contributed by atoms with Crippen LogP contribution in [0.2, 0.25) is 0 Å². The van der Waals surface area contributed by atoms with Crippen molar-refractivity contribution < 1.29 is 42.5 Å². The van der Waals surface area contributed by atoms with E-state index < -0.39 is 71.1 Å². The van der Waals surface area contributed by atoms with Gasteiger partial charge in [-0.2, -0.15) is 13.2 Å². The van der Waals surface area contributed by atoms with E-state index in [1.54, 1.807) is 0 Å². The number of benzene rings is 1. The number of methoxy groups -OCH3 is 1. The second-order valence-corrected chi connectivity index (χ2v) is 9.70. The first-order chi connectivity index (χ1) is 18.2. The first-order valence-corrected chi connectivity index (χ1v) is 11.8. The molecule has 1 spiro atoms. The van der Waals surface area contributed by atoms with Gasteiger partial charge in [-0.25, -0.2) is 0 Å². The summed E-state index contributed by atoms with van der Waals surface area (Å²) >= 11 is 0. The SMILES string of the molecule is COc1cc(C(=O)NC2CN3C(=N)N[C@@H](CN4C(=O)CCC4=O)[C@@H]4NC(=N)N[C@@]43C2(O)O)cc(C(F)(F)F)c1. The van der Waals surface area contributed by atoms with Crippen molar-refractivity contribution in [3.63, 3.8) is 0 Å². The molecule has 210 valence electrons. The maximum absolute atomic E-state index is 13.3. The lowest BCUT2D eigenvalue weighted by Gasteiger charge is -2.51. The van der Waals surface area contributed by atoms with Gasteiger partial charge >= 0.3 is 6.18 Å². The van der Waals surface area contributed by atoms with E-state index in [2.05, 4.69) is 21.3 Å². The summed E-state index contributed by atoms with van der Waals surface area (Å²) < 4.78 is 44.9. The quantitative estimate of drug-likeness (QED) is 0.149. The number of ether oxygens (including phenoxy) is 1. The van der Waals surface area contributed by atoms with Crippen LogP contribution in [0.15, 0.2) is 18.2 Å².